The third-order valence-corrected chi connectivity index (χ3v) is 4.43. The zero-order chi connectivity index (χ0) is 14.4. The largest absolute Gasteiger partial charge is 0.309 e. The molecule has 1 atom stereocenters. The van der Waals surface area contributed by atoms with Crippen LogP contribution >= 0.6 is 11.8 Å². The molecule has 0 saturated heterocycles. The third-order valence-electron chi connectivity index (χ3n) is 3.53. The fraction of sp³-hybridized carbons (Fsp3) is 0.333. The van der Waals surface area contributed by atoms with Gasteiger partial charge in [-0.1, -0.05) is 50.2 Å². The zero-order valence-corrected chi connectivity index (χ0v) is 13.3. The van der Waals surface area contributed by atoms with Gasteiger partial charge in [0.2, 0.25) is 0 Å². The first-order valence-corrected chi connectivity index (χ1v) is 8.25. The first-order valence-electron chi connectivity index (χ1n) is 7.27. The van der Waals surface area contributed by atoms with Crippen LogP contribution in [0.15, 0.2) is 53.4 Å². The number of benzene rings is 2. The average molecular weight is 285 g/mol. The SMILES string of the molecule is CCSc1ccc(C(NC)c2ccc(CC)cc2)cc1. The van der Waals surface area contributed by atoms with Gasteiger partial charge in [-0.3, -0.25) is 0 Å². The molecule has 1 N–H and O–H groups in total. The molecule has 20 heavy (non-hydrogen) atoms. The van der Waals surface area contributed by atoms with Gasteiger partial charge in [-0.2, -0.15) is 0 Å². The highest BCUT2D eigenvalue weighted by molar-refractivity contribution is 7.99. The van der Waals surface area contributed by atoms with E-state index < -0.39 is 0 Å². The van der Waals surface area contributed by atoms with Crippen LogP contribution in [0.2, 0.25) is 0 Å². The molecule has 2 rings (SSSR count). The topological polar surface area (TPSA) is 12.0 Å². The first-order chi connectivity index (χ1) is 9.78. The number of hydrogen-bond donors (Lipinski definition) is 1. The lowest BCUT2D eigenvalue weighted by molar-refractivity contribution is 0.691. The van der Waals surface area contributed by atoms with Gasteiger partial charge in [-0.05, 0) is 48.0 Å². The third kappa shape index (κ3) is 3.65. The molecule has 0 aliphatic rings. The summed E-state index contributed by atoms with van der Waals surface area (Å²) in [5, 5.41) is 3.42. The molecule has 0 aliphatic heterocycles. The van der Waals surface area contributed by atoms with Crippen molar-refractivity contribution in [3.63, 3.8) is 0 Å². The number of nitrogens with one attached hydrogen (secondary N) is 1. The number of thioether (sulfide) groups is 1. The van der Waals surface area contributed by atoms with Crippen LogP contribution < -0.4 is 5.32 Å². The van der Waals surface area contributed by atoms with E-state index in [1.54, 1.807) is 0 Å². The van der Waals surface area contributed by atoms with E-state index in [1.807, 2.05) is 18.8 Å². The van der Waals surface area contributed by atoms with Crippen LogP contribution in [0, 0.1) is 0 Å². The van der Waals surface area contributed by atoms with Crippen molar-refractivity contribution in [1.82, 2.24) is 5.32 Å². The quantitative estimate of drug-likeness (QED) is 0.774. The minimum atomic E-state index is 0.265. The zero-order valence-electron chi connectivity index (χ0n) is 12.5. The molecular formula is C18H23NS. The van der Waals surface area contributed by atoms with Crippen molar-refractivity contribution in [2.75, 3.05) is 12.8 Å². The molecule has 0 heterocycles. The van der Waals surface area contributed by atoms with Gasteiger partial charge in [-0.15, -0.1) is 11.8 Å². The van der Waals surface area contributed by atoms with Crippen LogP contribution in [0.1, 0.15) is 36.6 Å². The first kappa shape index (κ1) is 15.1. The van der Waals surface area contributed by atoms with E-state index in [2.05, 4.69) is 67.7 Å². The Bertz CT molecular complexity index is 516. The van der Waals surface area contributed by atoms with Gasteiger partial charge in [0.25, 0.3) is 0 Å². The van der Waals surface area contributed by atoms with Crippen LogP contribution in [0.25, 0.3) is 0 Å². The van der Waals surface area contributed by atoms with Gasteiger partial charge in [-0.25, -0.2) is 0 Å². The van der Waals surface area contributed by atoms with Crippen LogP contribution in [-0.4, -0.2) is 12.8 Å². The van der Waals surface area contributed by atoms with E-state index in [-0.39, 0.29) is 6.04 Å². The van der Waals surface area contributed by atoms with Gasteiger partial charge >= 0.3 is 0 Å². The molecule has 0 fully saturated rings. The van der Waals surface area contributed by atoms with E-state index >= 15 is 0 Å². The molecule has 0 aromatic heterocycles. The van der Waals surface area contributed by atoms with Gasteiger partial charge in [0.05, 0.1) is 6.04 Å². The number of rotatable bonds is 6. The molecule has 1 nitrogen and oxygen atoms in total. The molecule has 0 bridgehead atoms. The Morgan fingerprint density at radius 1 is 0.900 bits per heavy atom. The summed E-state index contributed by atoms with van der Waals surface area (Å²) in [5.41, 5.74) is 4.02. The summed E-state index contributed by atoms with van der Waals surface area (Å²) in [6.07, 6.45) is 1.09. The van der Waals surface area contributed by atoms with E-state index in [0.29, 0.717) is 0 Å². The maximum atomic E-state index is 3.42. The summed E-state index contributed by atoms with van der Waals surface area (Å²) in [5.74, 6) is 1.12. The lowest BCUT2D eigenvalue weighted by Gasteiger charge is -2.18. The van der Waals surface area contributed by atoms with Crippen LogP contribution in [0.5, 0.6) is 0 Å². The predicted octanol–water partition coefficient (Wildman–Crippen LogP) is 4.67. The van der Waals surface area contributed by atoms with Gasteiger partial charge in [0.1, 0.15) is 0 Å². The highest BCUT2D eigenvalue weighted by Gasteiger charge is 2.11. The fourth-order valence-corrected chi connectivity index (χ4v) is 3.06. The van der Waals surface area contributed by atoms with Crippen molar-refractivity contribution >= 4 is 11.8 Å². The Labute approximate surface area is 126 Å². The van der Waals surface area contributed by atoms with E-state index in [1.165, 1.54) is 21.6 Å². The Kier molecular flexibility index (Phi) is 5.69. The van der Waals surface area contributed by atoms with Crippen LogP contribution in [0.4, 0.5) is 0 Å². The minimum absolute atomic E-state index is 0.265. The van der Waals surface area contributed by atoms with Gasteiger partial charge in [0.15, 0.2) is 0 Å². The molecule has 2 aromatic carbocycles. The fourth-order valence-electron chi connectivity index (χ4n) is 2.39. The van der Waals surface area contributed by atoms with Crippen molar-refractivity contribution in [2.45, 2.75) is 31.2 Å². The standard InChI is InChI=1S/C18H23NS/c1-4-14-6-8-15(9-7-14)18(19-3)16-10-12-17(13-11-16)20-5-2/h6-13,18-19H,4-5H2,1-3H3. The van der Waals surface area contributed by atoms with Crippen molar-refractivity contribution in [3.8, 4) is 0 Å². The molecule has 2 aromatic rings. The molecule has 1 unspecified atom stereocenters. The molecule has 0 aliphatic carbocycles. The summed E-state index contributed by atoms with van der Waals surface area (Å²) in [6, 6.07) is 18.1. The van der Waals surface area contributed by atoms with Gasteiger partial charge in [0, 0.05) is 4.90 Å². The monoisotopic (exact) mass is 285 g/mol. The van der Waals surface area contributed by atoms with Crippen molar-refractivity contribution in [2.24, 2.45) is 0 Å². The Morgan fingerprint density at radius 2 is 1.45 bits per heavy atom. The van der Waals surface area contributed by atoms with Crippen molar-refractivity contribution < 1.29 is 0 Å². The van der Waals surface area contributed by atoms with E-state index in [4.69, 9.17) is 0 Å². The summed E-state index contributed by atoms with van der Waals surface area (Å²) in [7, 11) is 2.02. The van der Waals surface area contributed by atoms with E-state index in [9.17, 15) is 0 Å². The predicted molar refractivity (Wildman–Crippen MR) is 89.6 cm³/mol. The minimum Gasteiger partial charge on any atom is -0.309 e. The summed E-state index contributed by atoms with van der Waals surface area (Å²) < 4.78 is 0. The maximum Gasteiger partial charge on any atom is 0.0574 e. The smallest absolute Gasteiger partial charge is 0.0574 e. The lowest BCUT2D eigenvalue weighted by atomic mass is 9.97. The second-order valence-corrected chi connectivity index (χ2v) is 6.16. The summed E-state index contributed by atoms with van der Waals surface area (Å²) >= 11 is 1.88. The molecular weight excluding hydrogens is 262 g/mol. The Balaban J connectivity index is 2.21. The molecule has 0 saturated carbocycles. The van der Waals surface area contributed by atoms with Crippen LogP contribution in [-0.2, 0) is 6.42 Å². The van der Waals surface area contributed by atoms with Crippen molar-refractivity contribution in [1.29, 1.82) is 0 Å². The summed E-state index contributed by atoms with van der Waals surface area (Å²) in [4.78, 5) is 1.34. The lowest BCUT2D eigenvalue weighted by Crippen LogP contribution is -2.17. The number of aryl methyl sites for hydroxylation is 1. The Morgan fingerprint density at radius 3 is 1.90 bits per heavy atom. The van der Waals surface area contributed by atoms with E-state index in [0.717, 1.165) is 12.2 Å². The maximum absolute atomic E-state index is 3.42. The molecule has 2 heteroatoms. The average Bonchev–Trinajstić information content (AvgIpc) is 2.51. The molecule has 106 valence electrons. The normalized spacial score (nSPS) is 12.3. The highest BCUT2D eigenvalue weighted by Crippen LogP contribution is 2.25. The summed E-state index contributed by atoms with van der Waals surface area (Å²) in [6.45, 7) is 4.37. The molecule has 0 spiro atoms. The Hall–Kier alpha value is -1.25. The second-order valence-electron chi connectivity index (χ2n) is 4.82. The molecule has 0 radical (unpaired) electrons. The highest BCUT2D eigenvalue weighted by atomic mass is 32.2. The number of hydrogen-bond acceptors (Lipinski definition) is 2. The molecule has 0 amide bonds. The van der Waals surface area contributed by atoms with Gasteiger partial charge < -0.3 is 5.32 Å². The van der Waals surface area contributed by atoms with Crippen LogP contribution in [0.3, 0.4) is 0 Å². The second kappa shape index (κ2) is 7.51. The van der Waals surface area contributed by atoms with Crippen molar-refractivity contribution in [3.05, 3.63) is 65.2 Å².